The highest BCUT2D eigenvalue weighted by Gasteiger charge is 2.09. The van der Waals surface area contributed by atoms with Gasteiger partial charge in [0.2, 0.25) is 0 Å². The molecule has 0 radical (unpaired) electrons. The standard InChI is InChI=1S/C8H7N3S2/c9-8(10)7-5(1-2-13-7)6-3-12-4-11-6/h1-4H,(H3,9,10). The fourth-order valence-electron chi connectivity index (χ4n) is 1.07. The number of nitrogens with two attached hydrogens (primary N) is 1. The Balaban J connectivity index is 2.52. The summed E-state index contributed by atoms with van der Waals surface area (Å²) >= 11 is 3.01. The Bertz CT molecular complexity index is 416. The molecule has 3 N–H and O–H groups in total. The highest BCUT2D eigenvalue weighted by atomic mass is 32.1. The molecule has 2 aromatic rings. The normalized spacial score (nSPS) is 10.2. The van der Waals surface area contributed by atoms with Crippen LogP contribution in [0, 0.1) is 5.41 Å². The van der Waals surface area contributed by atoms with E-state index in [1.807, 2.05) is 16.8 Å². The molecule has 2 heterocycles. The maximum atomic E-state index is 7.36. The molecule has 0 aliphatic carbocycles. The van der Waals surface area contributed by atoms with Crippen molar-refractivity contribution in [3.8, 4) is 11.3 Å². The molecule has 0 fully saturated rings. The zero-order valence-electron chi connectivity index (χ0n) is 6.65. The molecule has 2 rings (SSSR count). The van der Waals surface area contributed by atoms with Crippen molar-refractivity contribution < 1.29 is 0 Å². The number of thiophene rings is 1. The number of aromatic nitrogens is 1. The molecular weight excluding hydrogens is 202 g/mol. The number of amidine groups is 1. The van der Waals surface area contributed by atoms with E-state index in [1.165, 1.54) is 11.3 Å². The van der Waals surface area contributed by atoms with Crippen LogP contribution in [0.3, 0.4) is 0 Å². The number of hydrogen-bond donors (Lipinski definition) is 2. The zero-order valence-corrected chi connectivity index (χ0v) is 8.28. The van der Waals surface area contributed by atoms with Crippen molar-refractivity contribution in [2.24, 2.45) is 5.73 Å². The summed E-state index contributed by atoms with van der Waals surface area (Å²) in [6.45, 7) is 0. The number of rotatable bonds is 2. The SMILES string of the molecule is N=C(N)c1sccc1-c1cscn1. The average molecular weight is 209 g/mol. The third-order valence-corrected chi connectivity index (χ3v) is 3.15. The number of thiazole rings is 1. The first-order valence-corrected chi connectivity index (χ1v) is 5.41. The van der Waals surface area contributed by atoms with Crippen molar-refractivity contribution >= 4 is 28.5 Å². The lowest BCUT2D eigenvalue weighted by molar-refractivity contribution is 1.40. The third-order valence-electron chi connectivity index (χ3n) is 1.62. The van der Waals surface area contributed by atoms with Gasteiger partial charge in [-0.25, -0.2) is 4.98 Å². The van der Waals surface area contributed by atoms with Gasteiger partial charge in [0.05, 0.1) is 16.1 Å². The van der Waals surface area contributed by atoms with Gasteiger partial charge >= 0.3 is 0 Å². The van der Waals surface area contributed by atoms with Crippen molar-refractivity contribution in [3.63, 3.8) is 0 Å². The monoisotopic (exact) mass is 209 g/mol. The molecule has 5 heteroatoms. The van der Waals surface area contributed by atoms with E-state index in [2.05, 4.69) is 4.98 Å². The Morgan fingerprint density at radius 2 is 2.38 bits per heavy atom. The van der Waals surface area contributed by atoms with Crippen LogP contribution >= 0.6 is 22.7 Å². The molecule has 0 saturated heterocycles. The highest BCUT2D eigenvalue weighted by Crippen LogP contribution is 2.27. The van der Waals surface area contributed by atoms with Crippen LogP contribution in [0.15, 0.2) is 22.3 Å². The van der Waals surface area contributed by atoms with E-state index in [9.17, 15) is 0 Å². The predicted molar refractivity (Wildman–Crippen MR) is 56.4 cm³/mol. The zero-order chi connectivity index (χ0) is 9.26. The van der Waals surface area contributed by atoms with Gasteiger partial charge in [-0.2, -0.15) is 0 Å². The summed E-state index contributed by atoms with van der Waals surface area (Å²) < 4.78 is 0. The van der Waals surface area contributed by atoms with Crippen LogP contribution in [-0.2, 0) is 0 Å². The Hall–Kier alpha value is -1.20. The summed E-state index contributed by atoms with van der Waals surface area (Å²) in [5.41, 5.74) is 9.07. The fourth-order valence-corrected chi connectivity index (χ4v) is 2.38. The van der Waals surface area contributed by atoms with Gasteiger partial charge in [-0.05, 0) is 11.4 Å². The van der Waals surface area contributed by atoms with Gasteiger partial charge in [-0.15, -0.1) is 22.7 Å². The number of nitrogen functional groups attached to an aromatic ring is 1. The topological polar surface area (TPSA) is 62.8 Å². The van der Waals surface area contributed by atoms with Gasteiger partial charge in [-0.1, -0.05) is 0 Å². The number of nitrogens with one attached hydrogen (secondary N) is 1. The lowest BCUT2D eigenvalue weighted by Gasteiger charge is -1.96. The Morgan fingerprint density at radius 1 is 1.54 bits per heavy atom. The second-order valence-electron chi connectivity index (χ2n) is 2.45. The summed E-state index contributed by atoms with van der Waals surface area (Å²) in [6.07, 6.45) is 0. The van der Waals surface area contributed by atoms with E-state index in [0.717, 1.165) is 16.1 Å². The van der Waals surface area contributed by atoms with Gasteiger partial charge in [0.25, 0.3) is 0 Å². The van der Waals surface area contributed by atoms with Crippen LogP contribution in [0.25, 0.3) is 11.3 Å². The van der Waals surface area contributed by atoms with Crippen molar-refractivity contribution in [3.05, 3.63) is 27.2 Å². The summed E-state index contributed by atoms with van der Waals surface area (Å²) in [5, 5.41) is 11.2. The summed E-state index contributed by atoms with van der Waals surface area (Å²) in [6, 6.07) is 1.94. The molecule has 0 bridgehead atoms. The molecule has 0 aliphatic rings. The van der Waals surface area contributed by atoms with Gasteiger partial charge in [0, 0.05) is 10.9 Å². The Labute approximate surface area is 83.4 Å². The second-order valence-corrected chi connectivity index (χ2v) is 4.09. The van der Waals surface area contributed by atoms with Gasteiger partial charge in [0.1, 0.15) is 5.84 Å². The van der Waals surface area contributed by atoms with Crippen molar-refractivity contribution in [2.75, 3.05) is 0 Å². The van der Waals surface area contributed by atoms with Crippen molar-refractivity contribution in [1.82, 2.24) is 4.98 Å². The average Bonchev–Trinajstić information content (AvgIpc) is 2.74. The van der Waals surface area contributed by atoms with Gasteiger partial charge < -0.3 is 5.73 Å². The number of nitrogens with zero attached hydrogens (tertiary/aromatic N) is 1. The summed E-state index contributed by atoms with van der Waals surface area (Å²) in [7, 11) is 0. The Kier molecular flexibility index (Phi) is 2.12. The van der Waals surface area contributed by atoms with Crippen LogP contribution in [-0.4, -0.2) is 10.8 Å². The van der Waals surface area contributed by atoms with Gasteiger partial charge in [-0.3, -0.25) is 5.41 Å². The molecule has 66 valence electrons. The van der Waals surface area contributed by atoms with Gasteiger partial charge in [0.15, 0.2) is 0 Å². The Morgan fingerprint density at radius 3 is 3.00 bits per heavy atom. The molecule has 13 heavy (non-hydrogen) atoms. The summed E-state index contributed by atoms with van der Waals surface area (Å²) in [4.78, 5) is 4.97. The summed E-state index contributed by atoms with van der Waals surface area (Å²) in [5.74, 6) is 0.109. The minimum atomic E-state index is 0.109. The van der Waals surface area contributed by atoms with Crippen molar-refractivity contribution in [1.29, 1.82) is 5.41 Å². The van der Waals surface area contributed by atoms with Crippen molar-refractivity contribution in [2.45, 2.75) is 0 Å². The van der Waals surface area contributed by atoms with Crippen LogP contribution in [0.2, 0.25) is 0 Å². The third kappa shape index (κ3) is 1.48. The van der Waals surface area contributed by atoms with Crippen LogP contribution in [0.1, 0.15) is 4.88 Å². The predicted octanol–water partition coefficient (Wildman–Crippen LogP) is 2.16. The first-order chi connectivity index (χ1) is 6.29. The largest absolute Gasteiger partial charge is 0.383 e. The minimum absolute atomic E-state index is 0.109. The molecule has 0 unspecified atom stereocenters. The molecule has 2 aromatic heterocycles. The van der Waals surface area contributed by atoms with E-state index in [1.54, 1.807) is 16.8 Å². The first-order valence-electron chi connectivity index (χ1n) is 3.59. The smallest absolute Gasteiger partial charge is 0.133 e. The molecule has 3 nitrogen and oxygen atoms in total. The fraction of sp³-hybridized carbons (Fsp3) is 0. The first kappa shape index (κ1) is 8.40. The molecule has 0 aliphatic heterocycles. The van der Waals surface area contributed by atoms with Crippen LogP contribution < -0.4 is 5.73 Å². The quantitative estimate of drug-likeness (QED) is 0.588. The molecule has 0 saturated carbocycles. The van der Waals surface area contributed by atoms with E-state index < -0.39 is 0 Å². The van der Waals surface area contributed by atoms with E-state index in [4.69, 9.17) is 11.1 Å². The maximum Gasteiger partial charge on any atom is 0.133 e. The maximum absolute atomic E-state index is 7.36. The molecule has 0 spiro atoms. The van der Waals surface area contributed by atoms with E-state index in [0.29, 0.717) is 0 Å². The lowest BCUT2D eigenvalue weighted by Crippen LogP contribution is -2.09. The molecule has 0 atom stereocenters. The number of hydrogen-bond acceptors (Lipinski definition) is 4. The molecular formula is C8H7N3S2. The highest BCUT2D eigenvalue weighted by molar-refractivity contribution is 7.12. The lowest BCUT2D eigenvalue weighted by atomic mass is 10.2. The molecule has 0 aromatic carbocycles. The van der Waals surface area contributed by atoms with Crippen LogP contribution in [0.5, 0.6) is 0 Å². The van der Waals surface area contributed by atoms with E-state index in [-0.39, 0.29) is 5.84 Å². The molecule has 0 amide bonds. The van der Waals surface area contributed by atoms with E-state index >= 15 is 0 Å². The second kappa shape index (κ2) is 3.27. The minimum Gasteiger partial charge on any atom is -0.383 e. The van der Waals surface area contributed by atoms with Crippen LogP contribution in [0.4, 0.5) is 0 Å².